The smallest absolute Gasteiger partial charge is 0.240 e. The summed E-state index contributed by atoms with van der Waals surface area (Å²) in [5.41, 5.74) is 3.08. The molecule has 0 radical (unpaired) electrons. The lowest BCUT2D eigenvalue weighted by atomic mass is 9.86. The highest BCUT2D eigenvalue weighted by molar-refractivity contribution is 5.92. The van der Waals surface area contributed by atoms with E-state index in [-0.39, 0.29) is 5.41 Å². The van der Waals surface area contributed by atoms with Crippen molar-refractivity contribution < 1.29 is 4.79 Å². The molecule has 1 aromatic carbocycles. The Hall–Kier alpha value is -1.86. The zero-order valence-electron chi connectivity index (χ0n) is 10.6. The molecule has 0 aliphatic rings. The number of nitrogens with zero attached hydrogens (tertiary/aromatic N) is 2. The first-order valence-electron chi connectivity index (χ1n) is 5.61. The van der Waals surface area contributed by atoms with Crippen molar-refractivity contribution in [2.45, 2.75) is 26.2 Å². The van der Waals surface area contributed by atoms with Crippen molar-refractivity contribution in [1.82, 2.24) is 4.57 Å². The van der Waals surface area contributed by atoms with Crippen LogP contribution in [-0.4, -0.2) is 10.6 Å². The summed E-state index contributed by atoms with van der Waals surface area (Å²) in [6, 6.07) is 6.29. The largest absolute Gasteiger partial charge is 0.348 e. The van der Waals surface area contributed by atoms with E-state index in [0.29, 0.717) is 5.69 Å². The number of fused-ring (bicyclic) bond motifs is 1. The van der Waals surface area contributed by atoms with Gasteiger partial charge in [-0.05, 0) is 23.1 Å². The van der Waals surface area contributed by atoms with Gasteiger partial charge in [-0.2, -0.15) is 4.99 Å². The molecule has 2 rings (SSSR count). The van der Waals surface area contributed by atoms with Crippen LogP contribution in [-0.2, 0) is 17.3 Å². The minimum absolute atomic E-state index is 0.0895. The average Bonchev–Trinajstić information content (AvgIpc) is 2.55. The molecule has 0 atom stereocenters. The summed E-state index contributed by atoms with van der Waals surface area (Å²) in [5, 5.41) is 1.00. The highest BCUT2D eigenvalue weighted by atomic mass is 16.1. The van der Waals surface area contributed by atoms with Crippen molar-refractivity contribution in [3.8, 4) is 0 Å². The van der Waals surface area contributed by atoms with Gasteiger partial charge in [0.25, 0.3) is 0 Å². The summed E-state index contributed by atoms with van der Waals surface area (Å²) in [6.07, 6.45) is 3.46. The number of benzene rings is 1. The molecule has 0 aliphatic heterocycles. The zero-order valence-corrected chi connectivity index (χ0v) is 10.6. The number of hydrogen-bond acceptors (Lipinski definition) is 2. The van der Waals surface area contributed by atoms with Crippen LogP contribution in [0.4, 0.5) is 5.69 Å². The maximum Gasteiger partial charge on any atom is 0.240 e. The number of isocyanates is 1. The minimum Gasteiger partial charge on any atom is -0.348 e. The minimum atomic E-state index is 0.0895. The normalized spacial score (nSPS) is 11.5. The maximum atomic E-state index is 10.4. The summed E-state index contributed by atoms with van der Waals surface area (Å²) in [6.45, 7) is 6.50. The molecule has 0 saturated heterocycles. The first-order valence-corrected chi connectivity index (χ1v) is 5.61. The third-order valence-corrected chi connectivity index (χ3v) is 3.00. The molecule has 0 N–H and O–H groups in total. The van der Waals surface area contributed by atoms with Gasteiger partial charge in [0.2, 0.25) is 6.08 Å². The fourth-order valence-corrected chi connectivity index (χ4v) is 1.98. The first kappa shape index (κ1) is 11.6. The van der Waals surface area contributed by atoms with Gasteiger partial charge >= 0.3 is 0 Å². The average molecular weight is 228 g/mol. The summed E-state index contributed by atoms with van der Waals surface area (Å²) in [7, 11) is 1.95. The Morgan fingerprint density at radius 1 is 1.29 bits per heavy atom. The molecular formula is C14H16N2O. The van der Waals surface area contributed by atoms with Crippen LogP contribution in [0.5, 0.6) is 0 Å². The van der Waals surface area contributed by atoms with E-state index in [0.717, 1.165) is 10.9 Å². The maximum absolute atomic E-state index is 10.4. The number of hydrogen-bond donors (Lipinski definition) is 0. The van der Waals surface area contributed by atoms with E-state index in [4.69, 9.17) is 0 Å². The number of aliphatic imine (C=N–C) groups is 1. The second-order valence-corrected chi connectivity index (χ2v) is 5.31. The van der Waals surface area contributed by atoms with Crippen LogP contribution in [0.25, 0.3) is 10.9 Å². The number of aryl methyl sites for hydroxylation is 1. The zero-order chi connectivity index (χ0) is 12.6. The molecule has 17 heavy (non-hydrogen) atoms. The van der Waals surface area contributed by atoms with Crippen molar-refractivity contribution in [2.24, 2.45) is 12.0 Å². The summed E-state index contributed by atoms with van der Waals surface area (Å²) < 4.78 is 1.97. The van der Waals surface area contributed by atoms with Crippen molar-refractivity contribution in [3.05, 3.63) is 30.0 Å². The van der Waals surface area contributed by atoms with E-state index in [9.17, 15) is 4.79 Å². The summed E-state index contributed by atoms with van der Waals surface area (Å²) in [5.74, 6) is 0. The highest BCUT2D eigenvalue weighted by Gasteiger charge is 2.15. The van der Waals surface area contributed by atoms with Crippen molar-refractivity contribution in [2.75, 3.05) is 0 Å². The van der Waals surface area contributed by atoms with E-state index in [2.05, 4.69) is 44.0 Å². The van der Waals surface area contributed by atoms with E-state index >= 15 is 0 Å². The number of aromatic nitrogens is 1. The monoisotopic (exact) mass is 228 g/mol. The third-order valence-electron chi connectivity index (χ3n) is 3.00. The Bertz CT molecular complexity index is 611. The molecule has 0 unspecified atom stereocenters. The molecule has 0 amide bonds. The second-order valence-electron chi connectivity index (χ2n) is 5.31. The molecule has 1 heterocycles. The van der Waals surface area contributed by atoms with Crippen LogP contribution in [0.2, 0.25) is 0 Å². The molecule has 88 valence electrons. The SMILES string of the molecule is Cn1cc(N=C=O)c2cc(C(C)(C)C)ccc21. The van der Waals surface area contributed by atoms with Crippen LogP contribution in [0.3, 0.4) is 0 Å². The summed E-state index contributed by atoms with van der Waals surface area (Å²) in [4.78, 5) is 14.2. The molecule has 0 saturated carbocycles. The molecule has 1 aromatic heterocycles. The quantitative estimate of drug-likeness (QED) is 0.543. The predicted octanol–water partition coefficient (Wildman–Crippen LogP) is 3.44. The molecular weight excluding hydrogens is 212 g/mol. The lowest BCUT2D eigenvalue weighted by Crippen LogP contribution is -2.10. The van der Waals surface area contributed by atoms with Gasteiger partial charge in [-0.15, -0.1) is 0 Å². The van der Waals surface area contributed by atoms with Crippen molar-refractivity contribution in [1.29, 1.82) is 0 Å². The molecule has 3 nitrogen and oxygen atoms in total. The van der Waals surface area contributed by atoms with Gasteiger partial charge in [0, 0.05) is 18.6 Å². The van der Waals surface area contributed by atoms with Gasteiger partial charge in [0.15, 0.2) is 0 Å². The Labute approximate surface area is 101 Å². The Morgan fingerprint density at radius 3 is 2.59 bits per heavy atom. The molecule has 0 fully saturated rings. The molecule has 2 aromatic rings. The van der Waals surface area contributed by atoms with Gasteiger partial charge in [-0.1, -0.05) is 26.8 Å². The fourth-order valence-electron chi connectivity index (χ4n) is 1.98. The lowest BCUT2D eigenvalue weighted by molar-refractivity contribution is 0.565. The molecule has 0 spiro atoms. The topological polar surface area (TPSA) is 34.4 Å². The fraction of sp³-hybridized carbons (Fsp3) is 0.357. The first-order chi connectivity index (χ1) is 7.93. The van der Waals surface area contributed by atoms with Gasteiger partial charge < -0.3 is 4.57 Å². The third kappa shape index (κ3) is 2.02. The predicted molar refractivity (Wildman–Crippen MR) is 69.4 cm³/mol. The van der Waals surface area contributed by atoms with E-state index in [1.165, 1.54) is 5.56 Å². The summed E-state index contributed by atoms with van der Waals surface area (Å²) >= 11 is 0. The van der Waals surface area contributed by atoms with Crippen molar-refractivity contribution >= 4 is 22.7 Å². The van der Waals surface area contributed by atoms with Gasteiger partial charge in [0.05, 0.1) is 5.52 Å². The van der Waals surface area contributed by atoms with Crippen LogP contribution < -0.4 is 0 Å². The Morgan fingerprint density at radius 2 is 2.00 bits per heavy atom. The number of rotatable bonds is 1. The van der Waals surface area contributed by atoms with Crippen LogP contribution >= 0.6 is 0 Å². The van der Waals surface area contributed by atoms with Gasteiger partial charge in [0.1, 0.15) is 5.69 Å². The molecule has 3 heteroatoms. The molecule has 0 aliphatic carbocycles. The Kier molecular flexibility index (Phi) is 2.64. The molecule has 0 bridgehead atoms. The highest BCUT2D eigenvalue weighted by Crippen LogP contribution is 2.32. The standard InChI is InChI=1S/C14H16N2O/c1-14(2,3)10-5-6-13-11(7-10)12(15-9-17)8-16(13)4/h5-8H,1-4H3. The van der Waals surface area contributed by atoms with Gasteiger partial charge in [-0.3, -0.25) is 0 Å². The van der Waals surface area contributed by atoms with E-state index < -0.39 is 0 Å². The van der Waals surface area contributed by atoms with Crippen LogP contribution in [0, 0.1) is 0 Å². The van der Waals surface area contributed by atoms with Crippen LogP contribution in [0.1, 0.15) is 26.3 Å². The van der Waals surface area contributed by atoms with Gasteiger partial charge in [-0.25, -0.2) is 4.79 Å². The number of carbonyl (C=O) groups excluding carboxylic acids is 1. The van der Waals surface area contributed by atoms with E-state index in [1.54, 1.807) is 6.08 Å². The van der Waals surface area contributed by atoms with Crippen LogP contribution in [0.15, 0.2) is 29.4 Å². The van der Waals surface area contributed by atoms with Crippen molar-refractivity contribution in [3.63, 3.8) is 0 Å². The Balaban J connectivity index is 2.75. The lowest BCUT2D eigenvalue weighted by Gasteiger charge is -2.19. The van der Waals surface area contributed by atoms with E-state index in [1.807, 2.05) is 17.8 Å². The second kappa shape index (κ2) is 3.86.